The number of hydrogen-bond donors (Lipinski definition) is 3. The van der Waals surface area contributed by atoms with Crippen LogP contribution >= 0.6 is 0 Å². The van der Waals surface area contributed by atoms with Gasteiger partial charge in [-0.1, -0.05) is 12.1 Å². The number of fused-ring (bicyclic) bond motifs is 1. The van der Waals surface area contributed by atoms with Gasteiger partial charge in [-0.05, 0) is 48.9 Å². The van der Waals surface area contributed by atoms with Gasteiger partial charge in [0.2, 0.25) is 0 Å². The molecule has 26 heavy (non-hydrogen) atoms. The third kappa shape index (κ3) is 3.02. The summed E-state index contributed by atoms with van der Waals surface area (Å²) in [6.45, 7) is 1.93. The first kappa shape index (κ1) is 15.9. The molecular formula is C19H17N5O2. The molecule has 4 aromatic rings. The fourth-order valence-electron chi connectivity index (χ4n) is 2.87. The van der Waals surface area contributed by atoms with Crippen LogP contribution in [0.2, 0.25) is 0 Å². The number of aromatic nitrogens is 4. The molecule has 0 fully saturated rings. The van der Waals surface area contributed by atoms with Crippen LogP contribution in [-0.4, -0.2) is 25.7 Å². The van der Waals surface area contributed by atoms with E-state index < -0.39 is 0 Å². The van der Waals surface area contributed by atoms with Crippen molar-refractivity contribution in [2.24, 2.45) is 0 Å². The lowest BCUT2D eigenvalue weighted by molar-refractivity contribution is 0.0940. The highest BCUT2D eigenvalue weighted by Gasteiger charge is 2.13. The van der Waals surface area contributed by atoms with Gasteiger partial charge < -0.3 is 15.3 Å². The summed E-state index contributed by atoms with van der Waals surface area (Å²) in [5, 5.41) is 7.17. The zero-order valence-corrected chi connectivity index (χ0v) is 14.1. The number of nitrogens with zero attached hydrogens (tertiary/aromatic N) is 2. The second kappa shape index (κ2) is 6.36. The Morgan fingerprint density at radius 1 is 1.12 bits per heavy atom. The summed E-state index contributed by atoms with van der Waals surface area (Å²) in [5.74, 6) is -0.197. The van der Waals surface area contributed by atoms with Crippen molar-refractivity contribution < 1.29 is 4.79 Å². The zero-order chi connectivity index (χ0) is 18.1. The summed E-state index contributed by atoms with van der Waals surface area (Å²) < 4.78 is 1.78. The van der Waals surface area contributed by atoms with Crippen molar-refractivity contribution in [1.82, 2.24) is 25.1 Å². The molecule has 2 heterocycles. The summed E-state index contributed by atoms with van der Waals surface area (Å²) >= 11 is 0. The number of aromatic amines is 2. The van der Waals surface area contributed by atoms with Crippen LogP contribution in [0.1, 0.15) is 28.9 Å². The lowest BCUT2D eigenvalue weighted by Crippen LogP contribution is -2.26. The normalized spacial score (nSPS) is 12.2. The molecule has 0 aliphatic heterocycles. The third-order valence-electron chi connectivity index (χ3n) is 4.29. The molecular weight excluding hydrogens is 330 g/mol. The number of carbonyl (C=O) groups is 1. The summed E-state index contributed by atoms with van der Waals surface area (Å²) in [6.07, 6.45) is 3.60. The number of rotatable bonds is 4. The quantitative estimate of drug-likeness (QED) is 0.529. The minimum absolute atomic E-state index is 0.157. The molecule has 130 valence electrons. The van der Waals surface area contributed by atoms with E-state index in [2.05, 4.69) is 20.4 Å². The van der Waals surface area contributed by atoms with Gasteiger partial charge in [0.25, 0.3) is 5.91 Å². The van der Waals surface area contributed by atoms with Crippen molar-refractivity contribution >= 4 is 16.9 Å². The van der Waals surface area contributed by atoms with Gasteiger partial charge in [-0.15, -0.1) is 0 Å². The van der Waals surface area contributed by atoms with Crippen molar-refractivity contribution in [1.29, 1.82) is 0 Å². The molecule has 1 atom stereocenters. The topological polar surface area (TPSA) is 95.6 Å². The smallest absolute Gasteiger partial charge is 0.323 e. The molecule has 2 aromatic carbocycles. The summed E-state index contributed by atoms with van der Waals surface area (Å²) in [7, 11) is 0. The molecule has 0 radical (unpaired) electrons. The second-order valence-corrected chi connectivity index (χ2v) is 6.08. The van der Waals surface area contributed by atoms with Gasteiger partial charge in [-0.2, -0.15) is 5.10 Å². The first-order valence-electron chi connectivity index (χ1n) is 8.23. The number of imidazole rings is 1. The highest BCUT2D eigenvalue weighted by molar-refractivity contribution is 5.97. The molecule has 3 N–H and O–H groups in total. The Labute approximate surface area is 148 Å². The van der Waals surface area contributed by atoms with Crippen molar-refractivity contribution in [2.75, 3.05) is 0 Å². The van der Waals surface area contributed by atoms with E-state index in [1.165, 1.54) is 0 Å². The SMILES string of the molecule is CC(NC(=O)c1ccc2[nH]c(=O)[nH]c2c1)c1ccc(-n2cccn2)cc1. The molecule has 0 aliphatic carbocycles. The van der Waals surface area contributed by atoms with Crippen LogP contribution < -0.4 is 11.0 Å². The molecule has 1 unspecified atom stereocenters. The molecule has 7 heteroatoms. The van der Waals surface area contributed by atoms with E-state index in [0.29, 0.717) is 16.6 Å². The van der Waals surface area contributed by atoms with Gasteiger partial charge in [-0.3, -0.25) is 4.79 Å². The monoisotopic (exact) mass is 347 g/mol. The lowest BCUT2D eigenvalue weighted by atomic mass is 10.1. The van der Waals surface area contributed by atoms with Crippen LogP contribution in [0.25, 0.3) is 16.7 Å². The van der Waals surface area contributed by atoms with Gasteiger partial charge in [0, 0.05) is 18.0 Å². The van der Waals surface area contributed by atoms with E-state index >= 15 is 0 Å². The Balaban J connectivity index is 1.50. The average molecular weight is 347 g/mol. The molecule has 0 aliphatic rings. The largest absolute Gasteiger partial charge is 0.346 e. The van der Waals surface area contributed by atoms with Crippen LogP contribution in [0, 0.1) is 0 Å². The maximum Gasteiger partial charge on any atom is 0.323 e. The predicted molar refractivity (Wildman–Crippen MR) is 98.4 cm³/mol. The fraction of sp³-hybridized carbons (Fsp3) is 0.105. The minimum atomic E-state index is -0.289. The van der Waals surface area contributed by atoms with Gasteiger partial charge >= 0.3 is 5.69 Å². The Morgan fingerprint density at radius 2 is 1.88 bits per heavy atom. The first-order valence-corrected chi connectivity index (χ1v) is 8.23. The first-order chi connectivity index (χ1) is 12.6. The fourth-order valence-corrected chi connectivity index (χ4v) is 2.87. The Morgan fingerprint density at radius 3 is 2.62 bits per heavy atom. The number of amides is 1. The predicted octanol–water partition coefficient (Wildman–Crippen LogP) is 2.53. The average Bonchev–Trinajstić information content (AvgIpc) is 3.29. The Hall–Kier alpha value is -3.61. The van der Waals surface area contributed by atoms with Crippen LogP contribution in [0.3, 0.4) is 0 Å². The Kier molecular flexibility index (Phi) is 3.89. The van der Waals surface area contributed by atoms with Crippen molar-refractivity contribution in [2.45, 2.75) is 13.0 Å². The lowest BCUT2D eigenvalue weighted by Gasteiger charge is -2.15. The van der Waals surface area contributed by atoms with Crippen LogP contribution in [0.15, 0.2) is 65.7 Å². The summed E-state index contributed by atoms with van der Waals surface area (Å²) in [6, 6.07) is 14.6. The zero-order valence-electron chi connectivity index (χ0n) is 14.1. The van der Waals surface area contributed by atoms with E-state index in [4.69, 9.17) is 0 Å². The van der Waals surface area contributed by atoms with Crippen LogP contribution in [-0.2, 0) is 0 Å². The molecule has 0 saturated heterocycles. The molecule has 0 spiro atoms. The van der Waals surface area contributed by atoms with Crippen LogP contribution in [0.4, 0.5) is 0 Å². The number of H-pyrrole nitrogens is 2. The van der Waals surface area contributed by atoms with Gasteiger partial charge in [-0.25, -0.2) is 9.48 Å². The third-order valence-corrected chi connectivity index (χ3v) is 4.29. The van der Waals surface area contributed by atoms with E-state index in [9.17, 15) is 9.59 Å². The van der Waals surface area contributed by atoms with Crippen LogP contribution in [0.5, 0.6) is 0 Å². The van der Waals surface area contributed by atoms with E-state index in [0.717, 1.165) is 11.3 Å². The van der Waals surface area contributed by atoms with E-state index in [1.54, 1.807) is 29.1 Å². The molecule has 2 aromatic heterocycles. The molecule has 1 amide bonds. The van der Waals surface area contributed by atoms with Gasteiger partial charge in [0.15, 0.2) is 0 Å². The standard InChI is InChI=1S/C19H17N5O2/c1-12(13-3-6-15(7-4-13)24-10-2-9-20-24)21-18(25)14-5-8-16-17(11-14)23-19(26)22-16/h2-12H,1H3,(H,21,25)(H2,22,23,26). The van der Waals surface area contributed by atoms with Gasteiger partial charge in [0.05, 0.1) is 22.8 Å². The van der Waals surface area contributed by atoms with E-state index in [1.807, 2.05) is 43.5 Å². The molecule has 7 nitrogen and oxygen atoms in total. The molecule has 4 rings (SSSR count). The number of benzene rings is 2. The summed E-state index contributed by atoms with van der Waals surface area (Å²) in [5.41, 5.74) is 3.44. The number of carbonyl (C=O) groups excluding carboxylic acids is 1. The maximum absolute atomic E-state index is 12.5. The molecule has 0 bridgehead atoms. The summed E-state index contributed by atoms with van der Waals surface area (Å²) in [4.78, 5) is 29.1. The molecule has 0 saturated carbocycles. The Bertz CT molecular complexity index is 1110. The maximum atomic E-state index is 12.5. The highest BCUT2D eigenvalue weighted by atomic mass is 16.2. The van der Waals surface area contributed by atoms with E-state index in [-0.39, 0.29) is 17.6 Å². The highest BCUT2D eigenvalue weighted by Crippen LogP contribution is 2.17. The second-order valence-electron chi connectivity index (χ2n) is 6.08. The van der Waals surface area contributed by atoms with Gasteiger partial charge in [0.1, 0.15) is 0 Å². The minimum Gasteiger partial charge on any atom is -0.346 e. The van der Waals surface area contributed by atoms with Crippen molar-refractivity contribution in [3.05, 3.63) is 82.5 Å². The number of nitrogens with one attached hydrogen (secondary N) is 3. The van der Waals surface area contributed by atoms with Crippen molar-refractivity contribution in [3.8, 4) is 5.69 Å². The number of hydrogen-bond acceptors (Lipinski definition) is 3. The van der Waals surface area contributed by atoms with Crippen molar-refractivity contribution in [3.63, 3.8) is 0 Å².